The minimum atomic E-state index is -1.11. The van der Waals surface area contributed by atoms with Gasteiger partial charge in [0.25, 0.3) is 0 Å². The molecular weight excluding hydrogens is 198 g/mol. The summed E-state index contributed by atoms with van der Waals surface area (Å²) in [6.07, 6.45) is 9.40. The van der Waals surface area contributed by atoms with Crippen LogP contribution in [0.4, 0.5) is 0 Å². The highest BCUT2D eigenvalue weighted by atomic mass is 16.3. The molecule has 0 unspecified atom stereocenters. The molecule has 0 amide bonds. The van der Waals surface area contributed by atoms with Gasteiger partial charge in [-0.2, -0.15) is 0 Å². The minimum absolute atomic E-state index is 0.0828. The van der Waals surface area contributed by atoms with Crippen molar-refractivity contribution in [2.75, 3.05) is 0 Å². The number of aliphatic hydroxyl groups is 1. The molecule has 2 aliphatic carbocycles. The van der Waals surface area contributed by atoms with Gasteiger partial charge in [0, 0.05) is 0 Å². The van der Waals surface area contributed by atoms with Crippen LogP contribution in [-0.2, 0) is 0 Å². The van der Waals surface area contributed by atoms with Crippen LogP contribution in [0.15, 0.2) is 23.8 Å². The summed E-state index contributed by atoms with van der Waals surface area (Å²) in [5.41, 5.74) is 7.21. The molecule has 0 radical (unpaired) electrons. The van der Waals surface area contributed by atoms with Gasteiger partial charge in [-0.25, -0.2) is 0 Å². The molecule has 2 aliphatic rings. The topological polar surface area (TPSA) is 46.2 Å². The number of allylic oxidation sites excluding steroid dienone is 2. The largest absolute Gasteiger partial charge is 0.372 e. The standard InChI is InChI=1S/C14H23NO/c1-11-6-5-8-13(2)7-3-4-9-14(15,16)12(13)10-11/h10,16H,1,3-9,15H2,2H3/t13-,14-/m0/s1. The lowest BCUT2D eigenvalue weighted by molar-refractivity contribution is 0.0582. The van der Waals surface area contributed by atoms with Crippen LogP contribution in [0.3, 0.4) is 0 Å². The molecular formula is C14H23NO. The molecule has 2 heteroatoms. The summed E-state index contributed by atoms with van der Waals surface area (Å²) in [5, 5.41) is 10.4. The van der Waals surface area contributed by atoms with E-state index in [-0.39, 0.29) is 5.41 Å². The summed E-state index contributed by atoms with van der Waals surface area (Å²) in [6.45, 7) is 6.30. The van der Waals surface area contributed by atoms with Gasteiger partial charge < -0.3 is 10.8 Å². The van der Waals surface area contributed by atoms with Crippen molar-refractivity contribution in [1.82, 2.24) is 0 Å². The van der Waals surface area contributed by atoms with Crippen LogP contribution in [0.5, 0.6) is 0 Å². The highest BCUT2D eigenvalue weighted by Crippen LogP contribution is 2.47. The zero-order valence-electron chi connectivity index (χ0n) is 10.3. The lowest BCUT2D eigenvalue weighted by Crippen LogP contribution is -2.45. The zero-order chi connectivity index (χ0) is 11.8. The van der Waals surface area contributed by atoms with Crippen molar-refractivity contribution in [1.29, 1.82) is 0 Å². The monoisotopic (exact) mass is 221 g/mol. The molecule has 0 aromatic heterocycles. The maximum atomic E-state index is 10.4. The zero-order valence-corrected chi connectivity index (χ0v) is 10.3. The molecule has 2 nitrogen and oxygen atoms in total. The first kappa shape index (κ1) is 11.9. The molecule has 2 rings (SSSR count). The molecule has 0 aliphatic heterocycles. The van der Waals surface area contributed by atoms with Crippen molar-refractivity contribution >= 4 is 0 Å². The Kier molecular flexibility index (Phi) is 2.97. The fourth-order valence-electron chi connectivity index (χ4n) is 3.24. The van der Waals surface area contributed by atoms with Crippen LogP contribution in [0.2, 0.25) is 0 Å². The van der Waals surface area contributed by atoms with Gasteiger partial charge in [0.15, 0.2) is 0 Å². The van der Waals surface area contributed by atoms with Crippen LogP contribution < -0.4 is 5.73 Å². The van der Waals surface area contributed by atoms with Gasteiger partial charge in [-0.3, -0.25) is 0 Å². The summed E-state index contributed by atoms with van der Waals surface area (Å²) in [4.78, 5) is 0. The number of fused-ring (bicyclic) bond motifs is 1. The summed E-state index contributed by atoms with van der Waals surface area (Å²) in [6, 6.07) is 0. The molecule has 0 saturated heterocycles. The Morgan fingerprint density at radius 2 is 1.88 bits per heavy atom. The van der Waals surface area contributed by atoms with Gasteiger partial charge in [0.2, 0.25) is 0 Å². The summed E-state index contributed by atoms with van der Waals surface area (Å²) in [7, 11) is 0. The second-order valence-electron chi connectivity index (χ2n) is 5.76. The van der Waals surface area contributed by atoms with Gasteiger partial charge in [0.1, 0.15) is 5.72 Å². The highest BCUT2D eigenvalue weighted by molar-refractivity contribution is 5.33. The van der Waals surface area contributed by atoms with Crippen molar-refractivity contribution in [3.63, 3.8) is 0 Å². The second-order valence-corrected chi connectivity index (χ2v) is 5.76. The third-order valence-corrected chi connectivity index (χ3v) is 4.23. The van der Waals surface area contributed by atoms with Gasteiger partial charge in [-0.05, 0) is 49.5 Å². The predicted molar refractivity (Wildman–Crippen MR) is 66.8 cm³/mol. The van der Waals surface area contributed by atoms with Crippen molar-refractivity contribution in [3.8, 4) is 0 Å². The SMILES string of the molecule is C=C1C=C2[C@@](C)(CCCC[C@]2(N)O)CCC1. The lowest BCUT2D eigenvalue weighted by atomic mass is 9.73. The van der Waals surface area contributed by atoms with E-state index in [0.717, 1.165) is 43.3 Å². The van der Waals surface area contributed by atoms with Crippen LogP contribution in [0.25, 0.3) is 0 Å². The van der Waals surface area contributed by atoms with Gasteiger partial charge in [-0.15, -0.1) is 0 Å². The van der Waals surface area contributed by atoms with Crippen LogP contribution in [-0.4, -0.2) is 10.8 Å². The maximum Gasteiger partial charge on any atom is 0.136 e. The van der Waals surface area contributed by atoms with Gasteiger partial charge >= 0.3 is 0 Å². The third kappa shape index (κ3) is 2.09. The quantitative estimate of drug-likeness (QED) is 0.618. The Labute approximate surface area is 98.2 Å². The Bertz CT molecular complexity index is 326. The minimum Gasteiger partial charge on any atom is -0.372 e. The Hall–Kier alpha value is -0.600. The van der Waals surface area contributed by atoms with Gasteiger partial charge in [0.05, 0.1) is 0 Å². The van der Waals surface area contributed by atoms with Crippen LogP contribution in [0, 0.1) is 5.41 Å². The summed E-state index contributed by atoms with van der Waals surface area (Å²) in [5.74, 6) is 0. The molecule has 1 fully saturated rings. The van der Waals surface area contributed by atoms with E-state index in [1.807, 2.05) is 0 Å². The fourth-order valence-corrected chi connectivity index (χ4v) is 3.24. The van der Waals surface area contributed by atoms with E-state index in [2.05, 4.69) is 19.6 Å². The lowest BCUT2D eigenvalue weighted by Gasteiger charge is -2.37. The summed E-state index contributed by atoms with van der Waals surface area (Å²) >= 11 is 0. The smallest absolute Gasteiger partial charge is 0.136 e. The number of rotatable bonds is 0. The van der Waals surface area contributed by atoms with E-state index >= 15 is 0 Å². The van der Waals surface area contributed by atoms with E-state index in [4.69, 9.17) is 5.73 Å². The fraction of sp³-hybridized carbons (Fsp3) is 0.714. The number of hydrogen-bond acceptors (Lipinski definition) is 2. The predicted octanol–water partition coefficient (Wildman–Crippen LogP) is 2.88. The van der Waals surface area contributed by atoms with E-state index in [9.17, 15) is 5.11 Å². The van der Waals surface area contributed by atoms with E-state index in [0.29, 0.717) is 6.42 Å². The third-order valence-electron chi connectivity index (χ3n) is 4.23. The number of nitrogens with two attached hydrogens (primary N) is 1. The van der Waals surface area contributed by atoms with Gasteiger partial charge in [-0.1, -0.05) is 31.6 Å². The molecule has 0 aromatic carbocycles. The molecule has 0 spiro atoms. The van der Waals surface area contributed by atoms with Crippen LogP contribution >= 0.6 is 0 Å². The van der Waals surface area contributed by atoms with E-state index < -0.39 is 5.72 Å². The molecule has 0 heterocycles. The number of hydrogen-bond donors (Lipinski definition) is 2. The molecule has 1 saturated carbocycles. The first-order valence-corrected chi connectivity index (χ1v) is 6.36. The molecule has 0 aromatic rings. The Morgan fingerprint density at radius 1 is 1.25 bits per heavy atom. The van der Waals surface area contributed by atoms with Crippen LogP contribution in [0.1, 0.15) is 51.9 Å². The molecule has 3 N–H and O–H groups in total. The van der Waals surface area contributed by atoms with Crippen molar-refractivity contribution in [3.05, 3.63) is 23.8 Å². The van der Waals surface area contributed by atoms with Crippen molar-refractivity contribution < 1.29 is 5.11 Å². The average Bonchev–Trinajstić information content (AvgIpc) is 2.39. The summed E-state index contributed by atoms with van der Waals surface area (Å²) < 4.78 is 0. The average molecular weight is 221 g/mol. The van der Waals surface area contributed by atoms with E-state index in [1.54, 1.807) is 0 Å². The first-order valence-electron chi connectivity index (χ1n) is 6.36. The molecule has 16 heavy (non-hydrogen) atoms. The Morgan fingerprint density at radius 3 is 2.62 bits per heavy atom. The molecule has 90 valence electrons. The normalized spacial score (nSPS) is 40.7. The van der Waals surface area contributed by atoms with Crippen molar-refractivity contribution in [2.24, 2.45) is 11.1 Å². The van der Waals surface area contributed by atoms with E-state index in [1.165, 1.54) is 6.42 Å². The maximum absolute atomic E-state index is 10.4. The highest BCUT2D eigenvalue weighted by Gasteiger charge is 2.42. The molecule has 2 atom stereocenters. The molecule has 0 bridgehead atoms. The van der Waals surface area contributed by atoms with Crippen molar-refractivity contribution in [2.45, 2.75) is 57.6 Å². The second kappa shape index (κ2) is 4.01. The Balaban J connectivity index is 2.45. The first-order chi connectivity index (χ1) is 7.44.